The van der Waals surface area contributed by atoms with E-state index in [0.717, 1.165) is 0 Å². The molecule has 2 rings (SSSR count). The maximum absolute atomic E-state index is 12.3. The van der Waals surface area contributed by atoms with Gasteiger partial charge < -0.3 is 20.7 Å². The average Bonchev–Trinajstić information content (AvgIpc) is 2.62. The van der Waals surface area contributed by atoms with Gasteiger partial charge in [0.2, 0.25) is 17.7 Å². The van der Waals surface area contributed by atoms with E-state index in [0.29, 0.717) is 37.6 Å². The molecule has 0 spiro atoms. The van der Waals surface area contributed by atoms with Crippen molar-refractivity contribution >= 4 is 23.4 Å². The van der Waals surface area contributed by atoms with E-state index in [4.69, 9.17) is 10.5 Å². The van der Waals surface area contributed by atoms with Gasteiger partial charge in [0.15, 0.2) is 0 Å². The number of morpholine rings is 1. The van der Waals surface area contributed by atoms with Gasteiger partial charge in [-0.3, -0.25) is 19.3 Å². The molecule has 0 saturated carbocycles. The zero-order chi connectivity index (χ0) is 18.4. The number of likely N-dealkylation sites (N-methyl/N-ethyl adjacent to an activating group) is 1. The van der Waals surface area contributed by atoms with E-state index < -0.39 is 11.9 Å². The molecular formula is C17H24N4O4. The molecule has 0 unspecified atom stereocenters. The van der Waals surface area contributed by atoms with Crippen LogP contribution in [0, 0.1) is 0 Å². The van der Waals surface area contributed by atoms with Crippen LogP contribution in [0.3, 0.4) is 0 Å². The molecular weight excluding hydrogens is 324 g/mol. The van der Waals surface area contributed by atoms with Crippen LogP contribution in [0.4, 0.5) is 5.69 Å². The number of nitrogens with one attached hydrogen (secondary N) is 1. The van der Waals surface area contributed by atoms with Gasteiger partial charge in [-0.15, -0.1) is 0 Å². The maximum Gasteiger partial charge on any atom is 0.248 e. The maximum atomic E-state index is 12.3. The Bertz CT molecular complexity index is 626. The van der Waals surface area contributed by atoms with Crippen LogP contribution in [-0.2, 0) is 14.3 Å². The quantitative estimate of drug-likeness (QED) is 0.747. The largest absolute Gasteiger partial charge is 0.378 e. The van der Waals surface area contributed by atoms with Gasteiger partial charge in [-0.2, -0.15) is 0 Å². The summed E-state index contributed by atoms with van der Waals surface area (Å²) in [4.78, 5) is 39.1. The van der Waals surface area contributed by atoms with Crippen LogP contribution in [0.1, 0.15) is 17.3 Å². The Hall–Kier alpha value is -2.45. The van der Waals surface area contributed by atoms with E-state index in [2.05, 4.69) is 5.32 Å². The number of primary amides is 1. The minimum absolute atomic E-state index is 0.0174. The lowest BCUT2D eigenvalue weighted by Crippen LogP contribution is -2.48. The van der Waals surface area contributed by atoms with E-state index in [1.54, 1.807) is 48.0 Å². The van der Waals surface area contributed by atoms with Crippen LogP contribution < -0.4 is 11.1 Å². The van der Waals surface area contributed by atoms with E-state index >= 15 is 0 Å². The Morgan fingerprint density at radius 2 is 1.84 bits per heavy atom. The van der Waals surface area contributed by atoms with Gasteiger partial charge in [0.1, 0.15) is 0 Å². The summed E-state index contributed by atoms with van der Waals surface area (Å²) in [5.41, 5.74) is 6.12. The number of hydrogen-bond acceptors (Lipinski definition) is 5. The van der Waals surface area contributed by atoms with Crippen LogP contribution >= 0.6 is 0 Å². The van der Waals surface area contributed by atoms with Crippen molar-refractivity contribution in [1.82, 2.24) is 9.80 Å². The fourth-order valence-corrected chi connectivity index (χ4v) is 2.43. The minimum Gasteiger partial charge on any atom is -0.378 e. The summed E-state index contributed by atoms with van der Waals surface area (Å²) in [5.74, 6) is -0.770. The number of anilines is 1. The summed E-state index contributed by atoms with van der Waals surface area (Å²) in [5, 5.41) is 2.76. The number of nitrogens with two attached hydrogens (primary N) is 1. The molecule has 1 aliphatic rings. The van der Waals surface area contributed by atoms with Crippen molar-refractivity contribution in [1.29, 1.82) is 0 Å². The van der Waals surface area contributed by atoms with Gasteiger partial charge in [0.25, 0.3) is 0 Å². The Kier molecular flexibility index (Phi) is 6.49. The molecule has 1 aromatic rings. The van der Waals surface area contributed by atoms with Crippen molar-refractivity contribution in [3.8, 4) is 0 Å². The second kappa shape index (κ2) is 8.59. The standard InChI is InChI=1S/C17H24N4O4/c1-12(20(2)11-15(22)21-7-9-25-10-8-21)17(24)19-14-5-3-13(4-6-14)16(18)23/h3-6,12H,7-11H2,1-2H3,(H2,18,23)(H,19,24)/t12-/m1/s1. The van der Waals surface area contributed by atoms with Gasteiger partial charge >= 0.3 is 0 Å². The van der Waals surface area contributed by atoms with E-state index in [1.165, 1.54) is 0 Å². The third-order valence-electron chi connectivity index (χ3n) is 4.23. The second-order valence-electron chi connectivity index (χ2n) is 6.02. The first kappa shape index (κ1) is 18.9. The number of nitrogens with zero attached hydrogens (tertiary/aromatic N) is 2. The number of amides is 3. The third kappa shape index (κ3) is 5.27. The fraction of sp³-hybridized carbons (Fsp3) is 0.471. The van der Waals surface area contributed by atoms with Gasteiger partial charge in [-0.25, -0.2) is 0 Å². The highest BCUT2D eigenvalue weighted by atomic mass is 16.5. The summed E-state index contributed by atoms with van der Waals surface area (Å²) in [6.45, 7) is 4.16. The Balaban J connectivity index is 1.87. The Morgan fingerprint density at radius 3 is 2.40 bits per heavy atom. The smallest absolute Gasteiger partial charge is 0.248 e. The van der Waals surface area contributed by atoms with Crippen molar-refractivity contribution in [2.24, 2.45) is 5.73 Å². The molecule has 1 atom stereocenters. The molecule has 136 valence electrons. The number of carbonyl (C=O) groups is 3. The molecule has 0 aliphatic carbocycles. The van der Waals surface area contributed by atoms with Crippen LogP contribution in [0.15, 0.2) is 24.3 Å². The minimum atomic E-state index is -0.521. The second-order valence-corrected chi connectivity index (χ2v) is 6.02. The summed E-state index contributed by atoms with van der Waals surface area (Å²) in [7, 11) is 1.73. The lowest BCUT2D eigenvalue weighted by atomic mass is 10.2. The number of benzene rings is 1. The third-order valence-corrected chi connectivity index (χ3v) is 4.23. The molecule has 1 fully saturated rings. The van der Waals surface area contributed by atoms with Crippen LogP contribution in [-0.4, -0.2) is 73.5 Å². The first-order valence-corrected chi connectivity index (χ1v) is 8.15. The monoisotopic (exact) mass is 348 g/mol. The predicted octanol–water partition coefficient (Wildman–Crippen LogP) is -0.0969. The first-order chi connectivity index (χ1) is 11.9. The molecule has 3 N–H and O–H groups in total. The van der Waals surface area contributed by atoms with Gasteiger partial charge in [0.05, 0.1) is 25.8 Å². The van der Waals surface area contributed by atoms with E-state index in [9.17, 15) is 14.4 Å². The number of rotatable bonds is 6. The van der Waals surface area contributed by atoms with Crippen LogP contribution in [0.25, 0.3) is 0 Å². The highest BCUT2D eigenvalue weighted by Gasteiger charge is 2.23. The highest BCUT2D eigenvalue weighted by Crippen LogP contribution is 2.11. The van der Waals surface area contributed by atoms with Crippen molar-refractivity contribution in [3.63, 3.8) is 0 Å². The van der Waals surface area contributed by atoms with Gasteiger partial charge in [0, 0.05) is 24.3 Å². The predicted molar refractivity (Wildman–Crippen MR) is 93.1 cm³/mol. The van der Waals surface area contributed by atoms with Crippen molar-refractivity contribution in [2.75, 3.05) is 45.2 Å². The zero-order valence-corrected chi connectivity index (χ0v) is 14.5. The summed E-state index contributed by atoms with van der Waals surface area (Å²) < 4.78 is 5.23. The van der Waals surface area contributed by atoms with Crippen molar-refractivity contribution < 1.29 is 19.1 Å². The van der Waals surface area contributed by atoms with Crippen LogP contribution in [0.5, 0.6) is 0 Å². The molecule has 0 aromatic heterocycles. The van der Waals surface area contributed by atoms with Gasteiger partial charge in [-0.1, -0.05) is 0 Å². The van der Waals surface area contributed by atoms with Crippen LogP contribution in [0.2, 0.25) is 0 Å². The van der Waals surface area contributed by atoms with Crippen molar-refractivity contribution in [3.05, 3.63) is 29.8 Å². The highest BCUT2D eigenvalue weighted by molar-refractivity contribution is 5.96. The van der Waals surface area contributed by atoms with Crippen molar-refractivity contribution in [2.45, 2.75) is 13.0 Å². The first-order valence-electron chi connectivity index (χ1n) is 8.15. The Morgan fingerprint density at radius 1 is 1.24 bits per heavy atom. The molecule has 1 aliphatic heterocycles. The molecule has 8 heteroatoms. The summed E-state index contributed by atoms with van der Waals surface area (Å²) in [6, 6.07) is 5.84. The fourth-order valence-electron chi connectivity index (χ4n) is 2.43. The molecule has 0 bridgehead atoms. The van der Waals surface area contributed by atoms with E-state index in [-0.39, 0.29) is 18.4 Å². The lowest BCUT2D eigenvalue weighted by molar-refractivity contribution is -0.137. The number of carbonyl (C=O) groups excluding carboxylic acids is 3. The lowest BCUT2D eigenvalue weighted by Gasteiger charge is -2.30. The van der Waals surface area contributed by atoms with Gasteiger partial charge in [-0.05, 0) is 38.2 Å². The molecule has 8 nitrogen and oxygen atoms in total. The molecule has 0 radical (unpaired) electrons. The molecule has 3 amide bonds. The molecule has 1 aromatic carbocycles. The number of hydrogen-bond donors (Lipinski definition) is 2. The molecule has 1 saturated heterocycles. The normalized spacial score (nSPS) is 15.7. The SMILES string of the molecule is C[C@H](C(=O)Nc1ccc(C(N)=O)cc1)N(C)CC(=O)N1CCOCC1. The average molecular weight is 348 g/mol. The molecule has 1 heterocycles. The number of ether oxygens (including phenoxy) is 1. The van der Waals surface area contributed by atoms with E-state index in [1.807, 2.05) is 0 Å². The zero-order valence-electron chi connectivity index (χ0n) is 14.5. The molecule has 25 heavy (non-hydrogen) atoms. The summed E-state index contributed by atoms with van der Waals surface area (Å²) >= 11 is 0. The summed E-state index contributed by atoms with van der Waals surface area (Å²) in [6.07, 6.45) is 0. The topological polar surface area (TPSA) is 105 Å². The Labute approximate surface area is 146 Å².